The molecule has 0 atom stereocenters. The number of benzene rings is 2. The predicted octanol–water partition coefficient (Wildman–Crippen LogP) is 5.81. The maximum atomic E-state index is 13.1. The molecular formula is C27H28F2N4O2. The second kappa shape index (κ2) is 11.6. The third kappa shape index (κ3) is 6.85. The Morgan fingerprint density at radius 2 is 1.63 bits per heavy atom. The van der Waals surface area contributed by atoms with Crippen LogP contribution in [0.3, 0.4) is 0 Å². The first-order valence-electron chi connectivity index (χ1n) is 11.7. The Labute approximate surface area is 203 Å². The van der Waals surface area contributed by atoms with Crippen LogP contribution in [0.2, 0.25) is 0 Å². The SMILES string of the molecule is CN(CCCCCc1cc(-c2ccc(F)cc2)n[nH]1)C(=O)CCc1ncc(-c2ccc(F)cc2)o1. The van der Waals surface area contributed by atoms with Crippen LogP contribution in [0.25, 0.3) is 22.6 Å². The van der Waals surface area contributed by atoms with Gasteiger partial charge in [-0.2, -0.15) is 5.10 Å². The highest BCUT2D eigenvalue weighted by atomic mass is 19.1. The topological polar surface area (TPSA) is 75.0 Å². The second-order valence-electron chi connectivity index (χ2n) is 8.54. The third-order valence-corrected chi connectivity index (χ3v) is 5.87. The van der Waals surface area contributed by atoms with Gasteiger partial charge in [0.15, 0.2) is 11.7 Å². The number of rotatable bonds is 11. The molecule has 2 heterocycles. The summed E-state index contributed by atoms with van der Waals surface area (Å²) in [6.07, 6.45) is 6.08. The molecule has 8 heteroatoms. The number of carbonyl (C=O) groups excluding carboxylic acids is 1. The fourth-order valence-electron chi connectivity index (χ4n) is 3.80. The number of amides is 1. The number of nitrogens with one attached hydrogen (secondary N) is 1. The zero-order chi connectivity index (χ0) is 24.6. The minimum atomic E-state index is -0.306. The second-order valence-corrected chi connectivity index (χ2v) is 8.54. The van der Waals surface area contributed by atoms with Crippen LogP contribution in [0, 0.1) is 11.6 Å². The van der Waals surface area contributed by atoms with Gasteiger partial charge in [0, 0.05) is 43.3 Å². The molecular weight excluding hydrogens is 450 g/mol. The van der Waals surface area contributed by atoms with Crippen molar-refractivity contribution in [3.63, 3.8) is 0 Å². The van der Waals surface area contributed by atoms with Crippen molar-refractivity contribution in [3.05, 3.63) is 84.0 Å². The standard InChI is InChI=1S/C27H28F2N4O2/c1-33(27(34)15-14-26-30-18-25(35-26)20-8-12-22(29)13-9-20)16-4-2-3-5-23-17-24(32-31-23)19-6-10-21(28)11-7-19/h6-13,17-18H,2-5,14-16H2,1H3,(H,31,32). The molecule has 0 radical (unpaired) electrons. The fourth-order valence-corrected chi connectivity index (χ4v) is 3.80. The van der Waals surface area contributed by atoms with E-state index in [-0.39, 0.29) is 17.5 Å². The van der Waals surface area contributed by atoms with E-state index < -0.39 is 0 Å². The van der Waals surface area contributed by atoms with Crippen LogP contribution in [-0.2, 0) is 17.6 Å². The number of aromatic nitrogens is 3. The zero-order valence-electron chi connectivity index (χ0n) is 19.6. The highest BCUT2D eigenvalue weighted by Crippen LogP contribution is 2.21. The van der Waals surface area contributed by atoms with Crippen molar-refractivity contribution in [1.82, 2.24) is 20.1 Å². The Bertz CT molecular complexity index is 1230. The zero-order valence-corrected chi connectivity index (χ0v) is 19.6. The molecule has 0 aliphatic carbocycles. The lowest BCUT2D eigenvalue weighted by Crippen LogP contribution is -2.27. The van der Waals surface area contributed by atoms with E-state index in [9.17, 15) is 13.6 Å². The van der Waals surface area contributed by atoms with Gasteiger partial charge in [-0.1, -0.05) is 6.42 Å². The lowest BCUT2D eigenvalue weighted by atomic mass is 10.1. The van der Waals surface area contributed by atoms with Crippen molar-refractivity contribution in [2.75, 3.05) is 13.6 Å². The average Bonchev–Trinajstić information content (AvgIpc) is 3.53. The van der Waals surface area contributed by atoms with Gasteiger partial charge in [0.2, 0.25) is 5.91 Å². The van der Waals surface area contributed by atoms with E-state index in [1.165, 1.54) is 24.3 Å². The molecule has 0 fully saturated rings. The number of nitrogens with zero attached hydrogens (tertiary/aromatic N) is 3. The molecule has 2 aromatic carbocycles. The molecule has 6 nitrogen and oxygen atoms in total. The van der Waals surface area contributed by atoms with Gasteiger partial charge in [-0.15, -0.1) is 0 Å². The van der Waals surface area contributed by atoms with Crippen molar-refractivity contribution < 1.29 is 18.0 Å². The minimum Gasteiger partial charge on any atom is -0.441 e. The van der Waals surface area contributed by atoms with Crippen LogP contribution in [0.1, 0.15) is 37.3 Å². The highest BCUT2D eigenvalue weighted by molar-refractivity contribution is 5.76. The molecule has 0 aliphatic rings. The molecule has 1 N–H and O–H groups in total. The molecule has 4 aromatic rings. The summed E-state index contributed by atoms with van der Waals surface area (Å²) in [5.74, 6) is 0.526. The summed E-state index contributed by atoms with van der Waals surface area (Å²) in [5, 5.41) is 7.35. The summed E-state index contributed by atoms with van der Waals surface area (Å²) < 4.78 is 31.8. The van der Waals surface area contributed by atoms with Crippen LogP contribution >= 0.6 is 0 Å². The first-order chi connectivity index (χ1) is 17.0. The Hall–Kier alpha value is -3.81. The van der Waals surface area contributed by atoms with Gasteiger partial charge in [-0.3, -0.25) is 9.89 Å². The number of aromatic amines is 1. The van der Waals surface area contributed by atoms with Crippen LogP contribution in [0.15, 0.2) is 65.2 Å². The van der Waals surface area contributed by atoms with Gasteiger partial charge in [0.05, 0.1) is 11.9 Å². The fraction of sp³-hybridized carbons (Fsp3) is 0.296. The average molecular weight is 479 g/mol. The lowest BCUT2D eigenvalue weighted by Gasteiger charge is -2.16. The van der Waals surface area contributed by atoms with Gasteiger partial charge in [-0.05, 0) is 73.9 Å². The number of hydrogen-bond donors (Lipinski definition) is 1. The van der Waals surface area contributed by atoms with Gasteiger partial charge in [0.25, 0.3) is 0 Å². The number of hydrogen-bond acceptors (Lipinski definition) is 4. The summed E-state index contributed by atoms with van der Waals surface area (Å²) in [5.41, 5.74) is 3.47. The van der Waals surface area contributed by atoms with Gasteiger partial charge in [-0.25, -0.2) is 13.8 Å². The van der Waals surface area contributed by atoms with Crippen molar-refractivity contribution in [1.29, 1.82) is 0 Å². The van der Waals surface area contributed by atoms with Gasteiger partial charge < -0.3 is 9.32 Å². The summed E-state index contributed by atoms with van der Waals surface area (Å²) in [6, 6.07) is 14.3. The largest absolute Gasteiger partial charge is 0.441 e. The summed E-state index contributed by atoms with van der Waals surface area (Å²) >= 11 is 0. The van der Waals surface area contributed by atoms with Gasteiger partial charge in [0.1, 0.15) is 11.6 Å². The maximum absolute atomic E-state index is 13.1. The predicted molar refractivity (Wildman–Crippen MR) is 129 cm³/mol. The molecule has 0 unspecified atom stereocenters. The summed E-state index contributed by atoms with van der Waals surface area (Å²) in [7, 11) is 1.81. The third-order valence-electron chi connectivity index (χ3n) is 5.87. The van der Waals surface area contributed by atoms with E-state index in [1.54, 1.807) is 35.4 Å². The smallest absolute Gasteiger partial charge is 0.222 e. The summed E-state index contributed by atoms with van der Waals surface area (Å²) in [4.78, 5) is 18.4. The monoisotopic (exact) mass is 478 g/mol. The van der Waals surface area contributed by atoms with E-state index in [4.69, 9.17) is 4.42 Å². The number of aryl methyl sites for hydroxylation is 2. The van der Waals surface area contributed by atoms with Crippen molar-refractivity contribution >= 4 is 5.91 Å². The Morgan fingerprint density at radius 1 is 0.943 bits per heavy atom. The van der Waals surface area contributed by atoms with E-state index in [2.05, 4.69) is 15.2 Å². The molecule has 2 aromatic heterocycles. The molecule has 4 rings (SSSR count). The van der Waals surface area contributed by atoms with E-state index in [0.29, 0.717) is 31.0 Å². The number of carbonyl (C=O) groups is 1. The van der Waals surface area contributed by atoms with E-state index >= 15 is 0 Å². The quantitative estimate of drug-likeness (QED) is 0.276. The Morgan fingerprint density at radius 3 is 2.34 bits per heavy atom. The van der Waals surface area contributed by atoms with Crippen molar-refractivity contribution in [2.24, 2.45) is 0 Å². The van der Waals surface area contributed by atoms with Crippen LogP contribution in [0.5, 0.6) is 0 Å². The number of H-pyrrole nitrogens is 1. The Kier molecular flexibility index (Phi) is 8.03. The first-order valence-corrected chi connectivity index (χ1v) is 11.7. The Balaban J connectivity index is 1.13. The van der Waals surface area contributed by atoms with Crippen LogP contribution < -0.4 is 0 Å². The summed E-state index contributed by atoms with van der Waals surface area (Å²) in [6.45, 7) is 0.690. The number of unbranched alkanes of at least 4 members (excludes halogenated alkanes) is 2. The molecule has 0 aliphatic heterocycles. The minimum absolute atomic E-state index is 0.0454. The van der Waals surface area contributed by atoms with E-state index in [0.717, 1.165) is 48.2 Å². The lowest BCUT2D eigenvalue weighted by molar-refractivity contribution is -0.130. The molecule has 0 saturated heterocycles. The molecule has 1 amide bonds. The van der Waals surface area contributed by atoms with Crippen molar-refractivity contribution in [2.45, 2.75) is 38.5 Å². The number of halogens is 2. The molecule has 35 heavy (non-hydrogen) atoms. The van der Waals surface area contributed by atoms with Crippen LogP contribution in [-0.4, -0.2) is 39.6 Å². The van der Waals surface area contributed by atoms with E-state index in [1.807, 2.05) is 13.1 Å². The molecule has 182 valence electrons. The molecule has 0 saturated carbocycles. The maximum Gasteiger partial charge on any atom is 0.222 e. The first kappa shape index (κ1) is 24.3. The molecule has 0 spiro atoms. The number of oxazole rings is 1. The molecule has 0 bridgehead atoms. The normalized spacial score (nSPS) is 11.1. The highest BCUT2D eigenvalue weighted by Gasteiger charge is 2.12. The van der Waals surface area contributed by atoms with Crippen LogP contribution in [0.4, 0.5) is 8.78 Å². The van der Waals surface area contributed by atoms with Gasteiger partial charge >= 0.3 is 0 Å². The van der Waals surface area contributed by atoms with Crippen molar-refractivity contribution in [3.8, 4) is 22.6 Å².